The summed E-state index contributed by atoms with van der Waals surface area (Å²) in [6.07, 6.45) is -3.54. The molecular formula is C16H26F3IN4. The topological polar surface area (TPSA) is 39.7 Å². The molecule has 0 saturated heterocycles. The number of nitrogens with one attached hydrogen (secondary N) is 2. The van der Waals surface area contributed by atoms with Crippen molar-refractivity contribution >= 4 is 29.9 Å². The lowest BCUT2D eigenvalue weighted by molar-refractivity contribution is -0.143. The van der Waals surface area contributed by atoms with Crippen molar-refractivity contribution in [1.29, 1.82) is 0 Å². The molecule has 1 rings (SSSR count). The molecule has 0 atom stereocenters. The quantitative estimate of drug-likeness (QED) is 0.286. The molecule has 0 spiro atoms. The molecule has 1 aromatic carbocycles. The molecule has 0 radical (unpaired) electrons. The number of benzene rings is 1. The smallest absolute Gasteiger partial charge is 0.356 e. The van der Waals surface area contributed by atoms with Gasteiger partial charge in [0.1, 0.15) is 0 Å². The van der Waals surface area contributed by atoms with Crippen LogP contribution in [0.3, 0.4) is 0 Å². The zero-order valence-corrected chi connectivity index (χ0v) is 16.6. The molecule has 2 N–H and O–H groups in total. The van der Waals surface area contributed by atoms with Crippen LogP contribution in [-0.2, 0) is 6.54 Å². The molecule has 0 aliphatic carbocycles. The van der Waals surface area contributed by atoms with Gasteiger partial charge >= 0.3 is 6.18 Å². The van der Waals surface area contributed by atoms with Crippen LogP contribution >= 0.6 is 24.0 Å². The van der Waals surface area contributed by atoms with Gasteiger partial charge in [-0.05, 0) is 32.5 Å². The van der Waals surface area contributed by atoms with Gasteiger partial charge in [0.25, 0.3) is 0 Å². The highest BCUT2D eigenvalue weighted by molar-refractivity contribution is 14.0. The van der Waals surface area contributed by atoms with Gasteiger partial charge in [0.2, 0.25) is 0 Å². The third-order valence-corrected chi connectivity index (χ3v) is 3.22. The molecule has 0 saturated carbocycles. The van der Waals surface area contributed by atoms with E-state index in [0.29, 0.717) is 32.0 Å². The van der Waals surface area contributed by atoms with Crippen LogP contribution in [0.15, 0.2) is 29.3 Å². The first kappa shape index (κ1) is 23.0. The number of hydrogen-bond acceptors (Lipinski definition) is 2. The molecular weight excluding hydrogens is 432 g/mol. The second kappa shape index (κ2) is 11.5. The fraction of sp³-hybridized carbons (Fsp3) is 0.562. The van der Waals surface area contributed by atoms with E-state index in [0.717, 1.165) is 5.56 Å². The van der Waals surface area contributed by atoms with E-state index in [2.05, 4.69) is 21.7 Å². The first-order valence-corrected chi connectivity index (χ1v) is 7.55. The summed E-state index contributed by atoms with van der Waals surface area (Å²) in [4.78, 5) is 5.37. The minimum Gasteiger partial charge on any atom is -0.356 e. The van der Waals surface area contributed by atoms with Crippen LogP contribution in [0.5, 0.6) is 0 Å². The first-order valence-electron chi connectivity index (χ1n) is 7.55. The number of alkyl halides is 3. The lowest BCUT2D eigenvalue weighted by Gasteiger charge is -2.19. The molecule has 0 aliphatic rings. The van der Waals surface area contributed by atoms with Gasteiger partial charge in [-0.2, -0.15) is 13.2 Å². The van der Waals surface area contributed by atoms with E-state index in [1.165, 1.54) is 17.5 Å². The van der Waals surface area contributed by atoms with Crippen molar-refractivity contribution in [3.63, 3.8) is 0 Å². The van der Waals surface area contributed by atoms with Crippen molar-refractivity contribution in [2.75, 3.05) is 33.7 Å². The van der Waals surface area contributed by atoms with E-state index in [4.69, 9.17) is 0 Å². The number of aliphatic imine (C=N–C) groups is 1. The lowest BCUT2D eigenvalue weighted by atomic mass is 10.1. The molecule has 0 heterocycles. The summed E-state index contributed by atoms with van der Waals surface area (Å²) in [5.41, 5.74) is 2.35. The number of halogens is 4. The van der Waals surface area contributed by atoms with Gasteiger partial charge in [0, 0.05) is 20.1 Å². The van der Waals surface area contributed by atoms with E-state index < -0.39 is 12.7 Å². The van der Waals surface area contributed by atoms with E-state index >= 15 is 0 Å². The zero-order valence-electron chi connectivity index (χ0n) is 14.3. The Bertz CT molecular complexity index is 506. The van der Waals surface area contributed by atoms with Crippen LogP contribution in [0.2, 0.25) is 0 Å². The van der Waals surface area contributed by atoms with E-state index in [1.807, 2.05) is 25.1 Å². The summed E-state index contributed by atoms with van der Waals surface area (Å²) in [6.45, 7) is 2.74. The third kappa shape index (κ3) is 10.7. The highest BCUT2D eigenvalue weighted by atomic mass is 127. The molecule has 0 fully saturated rings. The molecule has 0 aromatic heterocycles. The summed E-state index contributed by atoms with van der Waals surface area (Å²) in [5.74, 6) is 0.644. The van der Waals surface area contributed by atoms with Crippen molar-refractivity contribution in [3.05, 3.63) is 35.4 Å². The van der Waals surface area contributed by atoms with Crippen LogP contribution in [0.4, 0.5) is 13.2 Å². The average molecular weight is 458 g/mol. The van der Waals surface area contributed by atoms with Crippen LogP contribution in [0.25, 0.3) is 0 Å². The fourth-order valence-electron chi connectivity index (χ4n) is 2.17. The summed E-state index contributed by atoms with van der Waals surface area (Å²) < 4.78 is 36.6. The molecule has 0 aliphatic heterocycles. The van der Waals surface area contributed by atoms with Crippen LogP contribution in [0.1, 0.15) is 17.5 Å². The van der Waals surface area contributed by atoms with Gasteiger partial charge in [0.05, 0.1) is 6.54 Å². The molecule has 0 bridgehead atoms. The zero-order chi connectivity index (χ0) is 17.3. The maximum Gasteiger partial charge on any atom is 0.401 e. The molecule has 24 heavy (non-hydrogen) atoms. The summed E-state index contributed by atoms with van der Waals surface area (Å²) in [5, 5.41) is 6.29. The molecule has 0 unspecified atom stereocenters. The maximum atomic E-state index is 12.2. The Hall–Kier alpha value is -1.03. The fourth-order valence-corrected chi connectivity index (χ4v) is 2.17. The van der Waals surface area contributed by atoms with E-state index in [1.54, 1.807) is 7.05 Å². The SMILES string of the molecule is CN=C(NCCCN(C)CC(F)(F)F)NCc1cccc(C)c1.I. The second-order valence-corrected chi connectivity index (χ2v) is 5.55. The highest BCUT2D eigenvalue weighted by Crippen LogP contribution is 2.15. The van der Waals surface area contributed by atoms with Gasteiger partial charge in [-0.1, -0.05) is 29.8 Å². The van der Waals surface area contributed by atoms with Crippen LogP contribution in [-0.4, -0.2) is 50.8 Å². The Morgan fingerprint density at radius 3 is 2.54 bits per heavy atom. The van der Waals surface area contributed by atoms with Crippen molar-refractivity contribution in [2.45, 2.75) is 26.1 Å². The maximum absolute atomic E-state index is 12.2. The van der Waals surface area contributed by atoms with Gasteiger partial charge in [0.15, 0.2) is 5.96 Å². The number of rotatable bonds is 7. The Morgan fingerprint density at radius 1 is 1.25 bits per heavy atom. The van der Waals surface area contributed by atoms with Crippen LogP contribution < -0.4 is 10.6 Å². The summed E-state index contributed by atoms with van der Waals surface area (Å²) >= 11 is 0. The van der Waals surface area contributed by atoms with Gasteiger partial charge < -0.3 is 10.6 Å². The third-order valence-electron chi connectivity index (χ3n) is 3.22. The van der Waals surface area contributed by atoms with Crippen LogP contribution in [0, 0.1) is 6.92 Å². The van der Waals surface area contributed by atoms with Gasteiger partial charge in [-0.25, -0.2) is 0 Å². The molecule has 8 heteroatoms. The minimum atomic E-state index is -4.15. The Labute approximate surface area is 158 Å². The van der Waals surface area contributed by atoms with Crippen molar-refractivity contribution in [1.82, 2.24) is 15.5 Å². The molecule has 138 valence electrons. The van der Waals surface area contributed by atoms with Crippen molar-refractivity contribution in [3.8, 4) is 0 Å². The Balaban J connectivity index is 0.00000529. The Kier molecular flexibility index (Phi) is 11.0. The number of nitrogens with zero attached hydrogens (tertiary/aromatic N) is 2. The normalized spacial score (nSPS) is 12.0. The van der Waals surface area contributed by atoms with E-state index in [-0.39, 0.29) is 24.0 Å². The van der Waals surface area contributed by atoms with Crippen molar-refractivity contribution < 1.29 is 13.2 Å². The molecule has 4 nitrogen and oxygen atoms in total. The minimum absolute atomic E-state index is 0. The summed E-state index contributed by atoms with van der Waals surface area (Å²) in [7, 11) is 3.14. The predicted octanol–water partition coefficient (Wildman–Crippen LogP) is 3.16. The second-order valence-electron chi connectivity index (χ2n) is 5.55. The monoisotopic (exact) mass is 458 g/mol. The van der Waals surface area contributed by atoms with Gasteiger partial charge in [-0.15, -0.1) is 24.0 Å². The first-order chi connectivity index (χ1) is 10.8. The molecule has 1 aromatic rings. The Morgan fingerprint density at radius 2 is 1.96 bits per heavy atom. The van der Waals surface area contributed by atoms with Gasteiger partial charge in [-0.3, -0.25) is 9.89 Å². The molecule has 0 amide bonds. The number of guanidine groups is 1. The lowest BCUT2D eigenvalue weighted by Crippen LogP contribution is -2.39. The average Bonchev–Trinajstić information content (AvgIpc) is 2.44. The standard InChI is InChI=1S/C16H25F3N4.HI/c1-13-6-4-7-14(10-13)11-22-15(20-2)21-8-5-9-23(3)12-16(17,18)19;/h4,6-7,10H,5,8-9,11-12H2,1-3H3,(H2,20,21,22);1H. The largest absolute Gasteiger partial charge is 0.401 e. The van der Waals surface area contributed by atoms with Crippen molar-refractivity contribution in [2.24, 2.45) is 4.99 Å². The highest BCUT2D eigenvalue weighted by Gasteiger charge is 2.28. The predicted molar refractivity (Wildman–Crippen MR) is 103 cm³/mol. The number of hydrogen-bond donors (Lipinski definition) is 2. The number of aryl methyl sites for hydroxylation is 1. The van der Waals surface area contributed by atoms with E-state index in [9.17, 15) is 13.2 Å². The summed E-state index contributed by atoms with van der Waals surface area (Å²) in [6, 6.07) is 8.15.